The topological polar surface area (TPSA) is 41.1 Å². The van der Waals surface area contributed by atoms with Crippen LogP contribution in [0, 0.1) is 0 Å². The van der Waals surface area contributed by atoms with Crippen molar-refractivity contribution in [2.24, 2.45) is 0 Å². The summed E-state index contributed by atoms with van der Waals surface area (Å²) in [5.74, 6) is 0.880. The van der Waals surface area contributed by atoms with Crippen molar-refractivity contribution < 1.29 is 0 Å². The zero-order valence-electron chi connectivity index (χ0n) is 12.4. The van der Waals surface area contributed by atoms with Gasteiger partial charge in [0.2, 0.25) is 0 Å². The molecule has 2 atom stereocenters. The summed E-state index contributed by atoms with van der Waals surface area (Å²) in [4.78, 5) is 11.5. The van der Waals surface area contributed by atoms with E-state index < -0.39 is 0 Å². The van der Waals surface area contributed by atoms with Crippen LogP contribution in [-0.2, 0) is 6.54 Å². The molecule has 19 heavy (non-hydrogen) atoms. The largest absolute Gasteiger partial charge is 0.369 e. The maximum absolute atomic E-state index is 4.53. The van der Waals surface area contributed by atoms with Gasteiger partial charge in [0.1, 0.15) is 5.82 Å². The van der Waals surface area contributed by atoms with Crippen LogP contribution < -0.4 is 5.32 Å². The van der Waals surface area contributed by atoms with Crippen LogP contribution >= 0.6 is 0 Å². The number of hydrogen-bond acceptors (Lipinski definition) is 4. The first-order valence-electron chi connectivity index (χ1n) is 7.51. The highest BCUT2D eigenvalue weighted by Gasteiger charge is 2.24. The van der Waals surface area contributed by atoms with Crippen LogP contribution in [0.1, 0.15) is 52.1 Å². The average molecular weight is 262 g/mol. The van der Waals surface area contributed by atoms with Crippen LogP contribution in [0.2, 0.25) is 0 Å². The van der Waals surface area contributed by atoms with Crippen LogP contribution in [0.4, 0.5) is 5.82 Å². The van der Waals surface area contributed by atoms with E-state index in [4.69, 9.17) is 0 Å². The summed E-state index contributed by atoms with van der Waals surface area (Å²) >= 11 is 0. The maximum Gasteiger partial charge on any atom is 0.144 e. The third-order valence-electron chi connectivity index (χ3n) is 3.98. The lowest BCUT2D eigenvalue weighted by molar-refractivity contribution is 0.0937. The highest BCUT2D eigenvalue weighted by Crippen LogP contribution is 2.23. The highest BCUT2D eigenvalue weighted by atomic mass is 15.2. The number of rotatable bonds is 5. The van der Waals surface area contributed by atoms with E-state index in [-0.39, 0.29) is 0 Å². The number of anilines is 1. The smallest absolute Gasteiger partial charge is 0.144 e. The second-order valence-corrected chi connectivity index (χ2v) is 5.62. The Bertz CT molecular complexity index is 366. The molecule has 2 rings (SSSR count). The monoisotopic (exact) mass is 262 g/mol. The van der Waals surface area contributed by atoms with Crippen molar-refractivity contribution in [1.29, 1.82) is 0 Å². The molecule has 0 bridgehead atoms. The molecule has 1 aliphatic heterocycles. The zero-order valence-corrected chi connectivity index (χ0v) is 12.4. The van der Waals surface area contributed by atoms with E-state index in [2.05, 4.69) is 41.0 Å². The molecule has 0 spiro atoms. The summed E-state index contributed by atoms with van der Waals surface area (Å²) in [5, 5.41) is 3.26. The molecule has 1 N–H and O–H groups in total. The Morgan fingerprint density at radius 3 is 2.53 bits per heavy atom. The summed E-state index contributed by atoms with van der Waals surface area (Å²) in [6, 6.07) is 1.31. The standard InChI is InChI=1S/C15H26N4/c1-4-8-16-15-10-17-14(9-18-15)11-19-12(2)6-5-7-13(19)3/h9-10,12-13H,4-8,11H2,1-3H3,(H,16,18). The first kappa shape index (κ1) is 14.3. The number of aromatic nitrogens is 2. The summed E-state index contributed by atoms with van der Waals surface area (Å²) in [5.41, 5.74) is 1.07. The van der Waals surface area contributed by atoms with E-state index >= 15 is 0 Å². The van der Waals surface area contributed by atoms with E-state index in [0.29, 0.717) is 12.1 Å². The fourth-order valence-corrected chi connectivity index (χ4v) is 2.75. The number of nitrogens with one attached hydrogen (secondary N) is 1. The molecular formula is C15H26N4. The average Bonchev–Trinajstić information content (AvgIpc) is 2.42. The van der Waals surface area contributed by atoms with Crippen molar-refractivity contribution in [2.75, 3.05) is 11.9 Å². The van der Waals surface area contributed by atoms with Gasteiger partial charge in [-0.1, -0.05) is 13.3 Å². The molecule has 0 radical (unpaired) electrons. The fraction of sp³-hybridized carbons (Fsp3) is 0.733. The van der Waals surface area contributed by atoms with E-state index in [1.54, 1.807) is 0 Å². The van der Waals surface area contributed by atoms with Crippen LogP contribution in [-0.4, -0.2) is 33.5 Å². The Hall–Kier alpha value is -1.16. The molecule has 4 nitrogen and oxygen atoms in total. The van der Waals surface area contributed by atoms with Gasteiger partial charge >= 0.3 is 0 Å². The molecular weight excluding hydrogens is 236 g/mol. The van der Waals surface area contributed by atoms with E-state index in [9.17, 15) is 0 Å². The van der Waals surface area contributed by atoms with Gasteiger partial charge in [0.05, 0.1) is 18.1 Å². The Kier molecular flexibility index (Phi) is 5.14. The van der Waals surface area contributed by atoms with Crippen molar-refractivity contribution >= 4 is 5.82 Å². The molecule has 1 aliphatic rings. The molecule has 1 saturated heterocycles. The second-order valence-electron chi connectivity index (χ2n) is 5.62. The van der Waals surface area contributed by atoms with Gasteiger partial charge in [0.15, 0.2) is 0 Å². The Labute approximate surface area is 116 Å². The number of piperidine rings is 1. The summed E-state index contributed by atoms with van der Waals surface area (Å²) in [7, 11) is 0. The number of hydrogen-bond donors (Lipinski definition) is 1. The highest BCUT2D eigenvalue weighted by molar-refractivity contribution is 5.30. The second kappa shape index (κ2) is 6.85. The van der Waals surface area contributed by atoms with Gasteiger partial charge < -0.3 is 5.32 Å². The van der Waals surface area contributed by atoms with Gasteiger partial charge in [0.25, 0.3) is 0 Å². The minimum atomic E-state index is 0.656. The molecule has 0 aliphatic carbocycles. The number of likely N-dealkylation sites (tertiary alicyclic amines) is 1. The first-order valence-corrected chi connectivity index (χ1v) is 7.51. The molecule has 106 valence electrons. The molecule has 1 fully saturated rings. The van der Waals surface area contributed by atoms with Gasteiger partial charge in [-0.3, -0.25) is 9.88 Å². The van der Waals surface area contributed by atoms with Crippen molar-refractivity contribution in [2.45, 2.75) is 65.1 Å². The van der Waals surface area contributed by atoms with Gasteiger partial charge in [-0.05, 0) is 33.1 Å². The third kappa shape index (κ3) is 3.90. The van der Waals surface area contributed by atoms with Crippen LogP contribution in [0.25, 0.3) is 0 Å². The van der Waals surface area contributed by atoms with E-state index in [1.165, 1.54) is 19.3 Å². The Morgan fingerprint density at radius 2 is 1.95 bits per heavy atom. The lowest BCUT2D eigenvalue weighted by atomic mass is 9.97. The van der Waals surface area contributed by atoms with Crippen LogP contribution in [0.5, 0.6) is 0 Å². The quantitative estimate of drug-likeness (QED) is 0.885. The first-order chi connectivity index (χ1) is 9.20. The van der Waals surface area contributed by atoms with Gasteiger partial charge in [0, 0.05) is 25.2 Å². The maximum atomic E-state index is 4.53. The number of nitrogens with zero attached hydrogens (tertiary/aromatic N) is 3. The van der Waals surface area contributed by atoms with Crippen LogP contribution in [0.3, 0.4) is 0 Å². The lowest BCUT2D eigenvalue weighted by Crippen LogP contribution is -2.43. The Balaban J connectivity index is 1.94. The normalized spacial score (nSPS) is 24.4. The van der Waals surface area contributed by atoms with E-state index in [0.717, 1.165) is 31.0 Å². The predicted octanol–water partition coefficient (Wildman–Crippen LogP) is 3.06. The molecule has 1 aromatic heterocycles. The molecule has 2 unspecified atom stereocenters. The van der Waals surface area contributed by atoms with Crippen molar-refractivity contribution in [3.63, 3.8) is 0 Å². The Morgan fingerprint density at radius 1 is 1.21 bits per heavy atom. The molecule has 0 saturated carbocycles. The third-order valence-corrected chi connectivity index (χ3v) is 3.98. The van der Waals surface area contributed by atoms with E-state index in [1.807, 2.05) is 12.4 Å². The van der Waals surface area contributed by atoms with Crippen molar-refractivity contribution in [3.05, 3.63) is 18.1 Å². The summed E-state index contributed by atoms with van der Waals surface area (Å²) < 4.78 is 0. The molecule has 0 amide bonds. The SMILES string of the molecule is CCCNc1cnc(CN2C(C)CCCC2C)cn1. The van der Waals surface area contributed by atoms with Crippen molar-refractivity contribution in [1.82, 2.24) is 14.9 Å². The van der Waals surface area contributed by atoms with Gasteiger partial charge in [-0.15, -0.1) is 0 Å². The molecule has 1 aromatic rings. The van der Waals surface area contributed by atoms with Gasteiger partial charge in [-0.2, -0.15) is 0 Å². The summed E-state index contributed by atoms with van der Waals surface area (Å²) in [6.07, 6.45) is 8.81. The lowest BCUT2D eigenvalue weighted by Gasteiger charge is -2.38. The minimum Gasteiger partial charge on any atom is -0.369 e. The van der Waals surface area contributed by atoms with Gasteiger partial charge in [-0.25, -0.2) is 4.98 Å². The molecule has 0 aromatic carbocycles. The van der Waals surface area contributed by atoms with Crippen molar-refractivity contribution in [3.8, 4) is 0 Å². The predicted molar refractivity (Wildman–Crippen MR) is 79.1 cm³/mol. The van der Waals surface area contributed by atoms with Crippen LogP contribution in [0.15, 0.2) is 12.4 Å². The fourth-order valence-electron chi connectivity index (χ4n) is 2.75. The summed E-state index contributed by atoms with van der Waals surface area (Å²) in [6.45, 7) is 8.66. The minimum absolute atomic E-state index is 0.656. The molecule has 4 heteroatoms. The molecule has 2 heterocycles. The zero-order chi connectivity index (χ0) is 13.7.